The lowest BCUT2D eigenvalue weighted by molar-refractivity contribution is -0.133. The lowest BCUT2D eigenvalue weighted by Gasteiger charge is -2.35. The minimum atomic E-state index is -0.0529. The molecule has 0 aromatic heterocycles. The number of carbonyl (C=O) groups excluding carboxylic acids is 2. The van der Waals surface area contributed by atoms with Gasteiger partial charge in [-0.05, 0) is 41.7 Å². The van der Waals surface area contributed by atoms with Gasteiger partial charge in [-0.1, -0.05) is 58.7 Å². The Kier molecular flexibility index (Phi) is 7.20. The van der Waals surface area contributed by atoms with Crippen LogP contribution >= 0.6 is 0 Å². The first kappa shape index (κ1) is 21.7. The van der Waals surface area contributed by atoms with Crippen LogP contribution in [-0.4, -0.2) is 47.9 Å². The van der Waals surface area contributed by atoms with Crippen LogP contribution in [0, 0.1) is 5.92 Å². The first-order valence-electron chi connectivity index (χ1n) is 11.3. The van der Waals surface area contributed by atoms with Crippen LogP contribution in [0.25, 0.3) is 0 Å². The molecule has 1 aliphatic heterocycles. The second-order valence-electron chi connectivity index (χ2n) is 9.27. The van der Waals surface area contributed by atoms with Crippen LogP contribution in [0.4, 0.5) is 10.5 Å². The normalized spacial score (nSPS) is 18.0. The van der Waals surface area contributed by atoms with Gasteiger partial charge in [0.05, 0.1) is 0 Å². The smallest absolute Gasteiger partial charge is 0.321 e. The summed E-state index contributed by atoms with van der Waals surface area (Å²) in [7, 11) is 0. The van der Waals surface area contributed by atoms with Crippen molar-refractivity contribution in [3.8, 4) is 0 Å². The number of hydrogen-bond acceptors (Lipinski definition) is 2. The van der Waals surface area contributed by atoms with Crippen molar-refractivity contribution < 1.29 is 9.59 Å². The van der Waals surface area contributed by atoms with E-state index < -0.39 is 0 Å². The molecule has 1 aliphatic carbocycles. The Balaban J connectivity index is 1.59. The van der Waals surface area contributed by atoms with Crippen LogP contribution in [0.3, 0.4) is 0 Å². The predicted molar refractivity (Wildman–Crippen MR) is 118 cm³/mol. The van der Waals surface area contributed by atoms with E-state index in [0.29, 0.717) is 50.4 Å². The Morgan fingerprint density at radius 1 is 0.931 bits per heavy atom. The fraction of sp³-hybridized carbons (Fsp3) is 0.667. The number of para-hydroxylation sites is 1. The highest BCUT2D eigenvalue weighted by molar-refractivity contribution is 5.91. The Hall–Kier alpha value is -2.04. The molecule has 3 rings (SSSR count). The molecule has 1 saturated carbocycles. The first-order chi connectivity index (χ1) is 13.9. The lowest BCUT2D eigenvalue weighted by atomic mass is 9.93. The molecule has 1 aromatic rings. The van der Waals surface area contributed by atoms with Crippen LogP contribution < -0.4 is 5.32 Å². The highest BCUT2D eigenvalue weighted by atomic mass is 16.2. The number of urea groups is 1. The number of piperazine rings is 1. The summed E-state index contributed by atoms with van der Waals surface area (Å²) >= 11 is 0. The summed E-state index contributed by atoms with van der Waals surface area (Å²) in [6.45, 7) is 11.1. The monoisotopic (exact) mass is 399 g/mol. The van der Waals surface area contributed by atoms with Gasteiger partial charge in [0.25, 0.3) is 0 Å². The summed E-state index contributed by atoms with van der Waals surface area (Å²) in [6.07, 6.45) is 5.61. The minimum Gasteiger partial charge on any atom is -0.339 e. The Morgan fingerprint density at radius 3 is 1.97 bits per heavy atom. The van der Waals surface area contributed by atoms with Crippen molar-refractivity contribution in [3.63, 3.8) is 0 Å². The fourth-order valence-corrected chi connectivity index (χ4v) is 4.63. The molecule has 0 radical (unpaired) electrons. The fourth-order valence-electron chi connectivity index (χ4n) is 4.63. The number of hydrogen-bond donors (Lipinski definition) is 1. The van der Waals surface area contributed by atoms with Gasteiger partial charge < -0.3 is 15.1 Å². The van der Waals surface area contributed by atoms with Gasteiger partial charge in [-0.15, -0.1) is 0 Å². The molecule has 2 fully saturated rings. The van der Waals surface area contributed by atoms with Crippen molar-refractivity contribution in [2.75, 3.05) is 31.5 Å². The van der Waals surface area contributed by atoms with E-state index in [-0.39, 0.29) is 11.9 Å². The molecule has 2 aliphatic rings. The molecule has 160 valence electrons. The van der Waals surface area contributed by atoms with Gasteiger partial charge in [0.2, 0.25) is 5.91 Å². The van der Waals surface area contributed by atoms with Crippen molar-refractivity contribution >= 4 is 17.6 Å². The van der Waals surface area contributed by atoms with Gasteiger partial charge in [-0.25, -0.2) is 4.79 Å². The van der Waals surface area contributed by atoms with E-state index in [4.69, 9.17) is 0 Å². The number of nitrogens with zero attached hydrogens (tertiary/aromatic N) is 2. The highest BCUT2D eigenvalue weighted by Gasteiger charge is 2.27. The highest BCUT2D eigenvalue weighted by Crippen LogP contribution is 2.33. The molecular weight excluding hydrogens is 362 g/mol. The molecule has 5 nitrogen and oxygen atoms in total. The molecule has 3 amide bonds. The predicted octanol–water partition coefficient (Wildman–Crippen LogP) is 5.19. The van der Waals surface area contributed by atoms with Crippen LogP contribution in [0.5, 0.6) is 0 Å². The first-order valence-corrected chi connectivity index (χ1v) is 11.3. The Bertz CT molecular complexity index is 689. The molecule has 0 unspecified atom stereocenters. The molecule has 29 heavy (non-hydrogen) atoms. The second-order valence-corrected chi connectivity index (χ2v) is 9.27. The molecule has 1 saturated heterocycles. The van der Waals surface area contributed by atoms with Crippen LogP contribution in [0.15, 0.2) is 18.2 Å². The van der Waals surface area contributed by atoms with Gasteiger partial charge in [0.1, 0.15) is 0 Å². The number of carbonyl (C=O) groups is 2. The van der Waals surface area contributed by atoms with Gasteiger partial charge >= 0.3 is 6.03 Å². The zero-order valence-electron chi connectivity index (χ0n) is 18.5. The van der Waals surface area contributed by atoms with Crippen LogP contribution in [-0.2, 0) is 4.79 Å². The maximum absolute atomic E-state index is 13.0. The quantitative estimate of drug-likeness (QED) is 0.741. The van der Waals surface area contributed by atoms with E-state index in [0.717, 1.165) is 5.69 Å². The largest absolute Gasteiger partial charge is 0.339 e. The number of anilines is 1. The zero-order chi connectivity index (χ0) is 21.0. The van der Waals surface area contributed by atoms with Crippen molar-refractivity contribution in [1.29, 1.82) is 0 Å². The molecular formula is C24H37N3O2. The standard InChI is InChI=1S/C24H37N3O2/c1-17(2)20-10-7-11-21(18(3)4)23(20)25-24(29)27-14-12-26(13-15-27)22(28)16-19-8-5-6-9-19/h7,10-11,17-19H,5-6,8-9,12-16H2,1-4H3,(H,25,29). The molecule has 1 heterocycles. The van der Waals surface area contributed by atoms with Crippen molar-refractivity contribution in [1.82, 2.24) is 9.80 Å². The third-order valence-corrected chi connectivity index (χ3v) is 6.46. The van der Waals surface area contributed by atoms with E-state index >= 15 is 0 Å². The third kappa shape index (κ3) is 5.31. The topological polar surface area (TPSA) is 52.7 Å². The maximum atomic E-state index is 13.0. The summed E-state index contributed by atoms with van der Waals surface area (Å²) in [5.41, 5.74) is 3.31. The van der Waals surface area contributed by atoms with Gasteiger partial charge in [0, 0.05) is 38.3 Å². The van der Waals surface area contributed by atoms with E-state index in [1.165, 1.54) is 36.8 Å². The summed E-state index contributed by atoms with van der Waals surface area (Å²) in [5, 5.41) is 3.20. The van der Waals surface area contributed by atoms with Gasteiger partial charge in [-0.3, -0.25) is 4.79 Å². The van der Waals surface area contributed by atoms with Crippen LogP contribution in [0.2, 0.25) is 0 Å². The molecule has 1 aromatic carbocycles. The van der Waals surface area contributed by atoms with Crippen LogP contribution in [0.1, 0.15) is 82.8 Å². The number of benzene rings is 1. The molecule has 1 N–H and O–H groups in total. The van der Waals surface area contributed by atoms with E-state index in [1.807, 2.05) is 9.80 Å². The Morgan fingerprint density at radius 2 is 1.45 bits per heavy atom. The second kappa shape index (κ2) is 9.64. The average Bonchev–Trinajstić information content (AvgIpc) is 3.20. The minimum absolute atomic E-state index is 0.0529. The zero-order valence-corrected chi connectivity index (χ0v) is 18.5. The summed E-state index contributed by atoms with van der Waals surface area (Å²) < 4.78 is 0. The number of nitrogens with one attached hydrogen (secondary N) is 1. The third-order valence-electron chi connectivity index (χ3n) is 6.46. The summed E-state index contributed by atoms with van der Waals surface area (Å²) in [5.74, 6) is 1.53. The van der Waals surface area contributed by atoms with E-state index in [1.54, 1.807) is 0 Å². The lowest BCUT2D eigenvalue weighted by Crippen LogP contribution is -2.52. The summed E-state index contributed by atoms with van der Waals surface area (Å²) in [4.78, 5) is 29.3. The van der Waals surface area contributed by atoms with E-state index in [2.05, 4.69) is 51.2 Å². The van der Waals surface area contributed by atoms with E-state index in [9.17, 15) is 9.59 Å². The van der Waals surface area contributed by atoms with Gasteiger partial charge in [0.15, 0.2) is 0 Å². The van der Waals surface area contributed by atoms with Crippen molar-refractivity contribution in [2.24, 2.45) is 5.92 Å². The molecule has 0 bridgehead atoms. The van der Waals surface area contributed by atoms with Crippen molar-refractivity contribution in [2.45, 2.75) is 71.6 Å². The number of amides is 3. The molecule has 5 heteroatoms. The number of rotatable bonds is 5. The van der Waals surface area contributed by atoms with Gasteiger partial charge in [-0.2, -0.15) is 0 Å². The van der Waals surface area contributed by atoms with Crippen molar-refractivity contribution in [3.05, 3.63) is 29.3 Å². The SMILES string of the molecule is CC(C)c1cccc(C(C)C)c1NC(=O)N1CCN(C(=O)CC2CCCC2)CC1. The Labute approximate surface area is 175 Å². The average molecular weight is 400 g/mol. The molecule has 0 spiro atoms. The molecule has 0 atom stereocenters. The summed E-state index contributed by atoms with van der Waals surface area (Å²) in [6, 6.07) is 6.23. The maximum Gasteiger partial charge on any atom is 0.321 e.